The van der Waals surface area contributed by atoms with Crippen molar-refractivity contribution in [3.8, 4) is 0 Å². The molecular weight excluding hydrogens is 347 g/mol. The molecule has 6 nitrogen and oxygen atoms in total. The second-order valence-electron chi connectivity index (χ2n) is 6.54. The quantitative estimate of drug-likeness (QED) is 0.820. The second-order valence-corrected chi connectivity index (χ2v) is 6.54. The summed E-state index contributed by atoms with van der Waals surface area (Å²) in [7, 11) is 0. The largest absolute Gasteiger partial charge is 0.451 e. The number of benzene rings is 1. The van der Waals surface area contributed by atoms with Gasteiger partial charge in [0, 0.05) is 25.3 Å². The Morgan fingerprint density at radius 1 is 1.08 bits per heavy atom. The maximum Gasteiger partial charge on any atom is 0.451 e. The van der Waals surface area contributed by atoms with Crippen molar-refractivity contribution in [3.63, 3.8) is 0 Å². The van der Waals surface area contributed by atoms with Gasteiger partial charge < -0.3 is 14.4 Å². The van der Waals surface area contributed by atoms with Crippen LogP contribution in [0.5, 0.6) is 0 Å². The van der Waals surface area contributed by atoms with E-state index in [1.807, 2.05) is 30.3 Å². The van der Waals surface area contributed by atoms with Gasteiger partial charge in [-0.25, -0.2) is 0 Å². The first-order chi connectivity index (χ1) is 12.4. The number of alkyl halides is 3. The smallest absolute Gasteiger partial charge is 0.360 e. The second kappa shape index (κ2) is 6.30. The van der Waals surface area contributed by atoms with Crippen molar-refractivity contribution in [1.29, 1.82) is 0 Å². The van der Waals surface area contributed by atoms with E-state index in [4.69, 9.17) is 0 Å². The zero-order valence-corrected chi connectivity index (χ0v) is 14.0. The SMILES string of the molecule is O=C(C1CCCN1c1ccccc1)N1CCn2c(nnc2C(F)(F)F)C1. The maximum atomic E-state index is 13.0. The summed E-state index contributed by atoms with van der Waals surface area (Å²) in [6.07, 6.45) is -2.88. The van der Waals surface area contributed by atoms with Gasteiger partial charge in [0.05, 0.1) is 6.54 Å². The zero-order chi connectivity index (χ0) is 18.3. The summed E-state index contributed by atoms with van der Waals surface area (Å²) in [5, 5.41) is 6.91. The molecule has 0 saturated carbocycles. The van der Waals surface area contributed by atoms with Crippen molar-refractivity contribution in [2.45, 2.75) is 38.1 Å². The number of rotatable bonds is 2. The summed E-state index contributed by atoms with van der Waals surface area (Å²) >= 11 is 0. The van der Waals surface area contributed by atoms with Crippen molar-refractivity contribution >= 4 is 11.6 Å². The van der Waals surface area contributed by atoms with Crippen LogP contribution >= 0.6 is 0 Å². The molecule has 2 aromatic rings. The van der Waals surface area contributed by atoms with E-state index in [2.05, 4.69) is 15.1 Å². The first-order valence-corrected chi connectivity index (χ1v) is 8.55. The normalized spacial score (nSPS) is 20.3. The van der Waals surface area contributed by atoms with Crippen LogP contribution in [0.3, 0.4) is 0 Å². The molecule has 0 aliphatic carbocycles. The van der Waals surface area contributed by atoms with Crippen LogP contribution < -0.4 is 4.90 Å². The van der Waals surface area contributed by atoms with Gasteiger partial charge in [0.2, 0.25) is 11.7 Å². The Bertz CT molecular complexity index is 804. The third kappa shape index (κ3) is 2.91. The fourth-order valence-corrected chi connectivity index (χ4v) is 3.72. The summed E-state index contributed by atoms with van der Waals surface area (Å²) < 4.78 is 39.9. The highest BCUT2D eigenvalue weighted by Crippen LogP contribution is 2.31. The number of nitrogens with zero attached hydrogens (tertiary/aromatic N) is 5. The first kappa shape index (κ1) is 16.9. The van der Waals surface area contributed by atoms with Gasteiger partial charge in [-0.3, -0.25) is 4.79 Å². The number of aromatic nitrogens is 3. The summed E-state index contributed by atoms with van der Waals surface area (Å²) in [6.45, 7) is 1.14. The summed E-state index contributed by atoms with van der Waals surface area (Å²) in [5.74, 6) is -0.873. The number of anilines is 1. The third-order valence-electron chi connectivity index (χ3n) is 4.94. The number of hydrogen-bond acceptors (Lipinski definition) is 4. The summed E-state index contributed by atoms with van der Waals surface area (Å²) in [4.78, 5) is 16.7. The first-order valence-electron chi connectivity index (χ1n) is 8.55. The Morgan fingerprint density at radius 2 is 1.85 bits per heavy atom. The lowest BCUT2D eigenvalue weighted by atomic mass is 10.1. The average Bonchev–Trinajstić information content (AvgIpc) is 3.28. The van der Waals surface area contributed by atoms with Crippen molar-refractivity contribution in [2.24, 2.45) is 0 Å². The standard InChI is InChI=1S/C17H18F3N5O/c18-17(19,20)16-22-21-14-11-23(9-10-25(14)16)15(26)13-7-4-8-24(13)12-5-2-1-3-6-12/h1-3,5-6,13H,4,7-11H2. The van der Waals surface area contributed by atoms with E-state index in [0.717, 1.165) is 29.6 Å². The average molecular weight is 365 g/mol. The van der Waals surface area contributed by atoms with Gasteiger partial charge in [-0.2, -0.15) is 13.2 Å². The molecule has 2 aliphatic heterocycles. The van der Waals surface area contributed by atoms with Crippen molar-refractivity contribution < 1.29 is 18.0 Å². The molecular formula is C17H18F3N5O. The fraction of sp³-hybridized carbons (Fsp3) is 0.471. The lowest BCUT2D eigenvalue weighted by Crippen LogP contribution is -2.48. The third-order valence-corrected chi connectivity index (χ3v) is 4.94. The molecule has 2 aliphatic rings. The molecule has 0 spiro atoms. The van der Waals surface area contributed by atoms with Gasteiger partial charge in [-0.05, 0) is 25.0 Å². The van der Waals surface area contributed by atoms with Crippen LogP contribution in [0.4, 0.5) is 18.9 Å². The Hall–Kier alpha value is -2.58. The van der Waals surface area contributed by atoms with E-state index in [1.165, 1.54) is 0 Å². The summed E-state index contributed by atoms with van der Waals surface area (Å²) in [6, 6.07) is 9.43. The number of amides is 1. The molecule has 0 bridgehead atoms. The minimum absolute atomic E-state index is 0.0565. The van der Waals surface area contributed by atoms with Crippen LogP contribution in [0.2, 0.25) is 0 Å². The predicted molar refractivity (Wildman–Crippen MR) is 87.3 cm³/mol. The minimum atomic E-state index is -4.53. The van der Waals surface area contributed by atoms with Gasteiger partial charge in [0.1, 0.15) is 6.04 Å². The molecule has 3 heterocycles. The molecule has 9 heteroatoms. The monoisotopic (exact) mass is 365 g/mol. The number of halogens is 3. The molecule has 138 valence electrons. The van der Waals surface area contributed by atoms with Gasteiger partial charge in [0.15, 0.2) is 5.82 Å². The van der Waals surface area contributed by atoms with Crippen LogP contribution in [0.1, 0.15) is 24.5 Å². The van der Waals surface area contributed by atoms with E-state index in [1.54, 1.807) is 4.90 Å². The fourth-order valence-electron chi connectivity index (χ4n) is 3.72. The summed E-state index contributed by atoms with van der Waals surface area (Å²) in [5.41, 5.74) is 0.989. The van der Waals surface area contributed by atoms with Crippen LogP contribution in [0, 0.1) is 0 Å². The Morgan fingerprint density at radius 3 is 2.58 bits per heavy atom. The lowest BCUT2D eigenvalue weighted by molar-refractivity contribution is -0.148. The highest BCUT2D eigenvalue weighted by molar-refractivity contribution is 5.86. The van der Waals surface area contributed by atoms with Gasteiger partial charge in [-0.15, -0.1) is 10.2 Å². The van der Waals surface area contributed by atoms with Crippen LogP contribution in [0.25, 0.3) is 0 Å². The van der Waals surface area contributed by atoms with E-state index < -0.39 is 12.0 Å². The minimum Gasteiger partial charge on any atom is -0.360 e. The molecule has 1 aromatic carbocycles. The Kier molecular flexibility index (Phi) is 4.08. The van der Waals surface area contributed by atoms with E-state index in [0.29, 0.717) is 0 Å². The number of para-hydroxylation sites is 1. The highest BCUT2D eigenvalue weighted by Gasteiger charge is 2.41. The lowest BCUT2D eigenvalue weighted by Gasteiger charge is -2.33. The molecule has 1 aromatic heterocycles. The van der Waals surface area contributed by atoms with Crippen LogP contribution in [-0.4, -0.2) is 44.7 Å². The van der Waals surface area contributed by atoms with Crippen molar-refractivity contribution in [3.05, 3.63) is 42.0 Å². The Balaban J connectivity index is 1.52. The van der Waals surface area contributed by atoms with E-state index in [9.17, 15) is 18.0 Å². The molecule has 0 N–H and O–H groups in total. The topological polar surface area (TPSA) is 54.3 Å². The van der Waals surface area contributed by atoms with Gasteiger partial charge in [-0.1, -0.05) is 18.2 Å². The molecule has 4 rings (SSSR count). The van der Waals surface area contributed by atoms with Gasteiger partial charge >= 0.3 is 6.18 Å². The molecule has 1 atom stereocenters. The van der Waals surface area contributed by atoms with E-state index >= 15 is 0 Å². The number of carbonyl (C=O) groups excluding carboxylic acids is 1. The van der Waals surface area contributed by atoms with Crippen LogP contribution in [0.15, 0.2) is 30.3 Å². The molecule has 1 saturated heterocycles. The zero-order valence-electron chi connectivity index (χ0n) is 14.0. The van der Waals surface area contributed by atoms with Crippen LogP contribution in [-0.2, 0) is 24.1 Å². The van der Waals surface area contributed by atoms with Gasteiger partial charge in [0.25, 0.3) is 0 Å². The molecule has 1 fully saturated rings. The number of fused-ring (bicyclic) bond motifs is 1. The molecule has 0 radical (unpaired) electrons. The molecule has 1 amide bonds. The number of carbonyl (C=O) groups is 1. The number of hydrogen-bond donors (Lipinski definition) is 0. The maximum absolute atomic E-state index is 13.0. The Labute approximate surface area is 148 Å². The van der Waals surface area contributed by atoms with E-state index in [-0.39, 0.29) is 37.4 Å². The predicted octanol–water partition coefficient (Wildman–Crippen LogP) is 2.31. The molecule has 26 heavy (non-hydrogen) atoms. The molecule has 1 unspecified atom stereocenters. The van der Waals surface area contributed by atoms with Crippen molar-refractivity contribution in [1.82, 2.24) is 19.7 Å². The van der Waals surface area contributed by atoms with Crippen molar-refractivity contribution in [2.75, 3.05) is 18.0 Å². The highest BCUT2D eigenvalue weighted by atomic mass is 19.4.